The van der Waals surface area contributed by atoms with Crippen LogP contribution in [0.1, 0.15) is 0 Å². The Hall–Kier alpha value is -2.80. The predicted octanol–water partition coefficient (Wildman–Crippen LogP) is 0.936. The van der Waals surface area contributed by atoms with Crippen molar-refractivity contribution >= 4 is 27.8 Å². The van der Waals surface area contributed by atoms with Crippen molar-refractivity contribution in [2.75, 3.05) is 32.1 Å². The van der Waals surface area contributed by atoms with Crippen LogP contribution in [-0.2, 0) is 19.6 Å². The maximum Gasteiger partial charge on any atom is 0.243 e. The van der Waals surface area contributed by atoms with Gasteiger partial charge in [-0.25, -0.2) is 12.8 Å². The number of hydrogen-bond donors (Lipinski definition) is 0. The molecule has 0 bridgehead atoms. The number of morpholine rings is 1. The summed E-state index contributed by atoms with van der Waals surface area (Å²) in [7, 11) is -3.74. The second-order valence-electron chi connectivity index (χ2n) is 6.82. The summed E-state index contributed by atoms with van der Waals surface area (Å²) in [5.41, 5.74) is 0.949. The summed E-state index contributed by atoms with van der Waals surface area (Å²) in [5.74, 6) is -1.78. The first kappa shape index (κ1) is 22.4. The van der Waals surface area contributed by atoms with Crippen molar-refractivity contribution < 1.29 is 27.4 Å². The number of ether oxygens (including phenoxy) is 1. The van der Waals surface area contributed by atoms with Crippen molar-refractivity contribution in [2.45, 2.75) is 10.1 Å². The van der Waals surface area contributed by atoms with Crippen molar-refractivity contribution in [1.29, 1.82) is 0 Å². The summed E-state index contributed by atoms with van der Waals surface area (Å²) < 4.78 is 47.7. The molecule has 0 atom stereocenters. The average Bonchev–Trinajstić information content (AvgIpc) is 3.23. The lowest BCUT2D eigenvalue weighted by atomic mass is 10.2. The predicted molar refractivity (Wildman–Crippen MR) is 112 cm³/mol. The molecule has 0 spiro atoms. The van der Waals surface area contributed by atoms with E-state index in [0.717, 1.165) is 11.8 Å². The first-order chi connectivity index (χ1) is 15.4. The number of aromatic nitrogens is 3. The molecule has 1 aromatic heterocycles. The van der Waals surface area contributed by atoms with Gasteiger partial charge in [0.2, 0.25) is 10.0 Å². The quantitative estimate of drug-likeness (QED) is 0.462. The molecule has 1 saturated heterocycles. The third-order valence-corrected chi connectivity index (χ3v) is 7.53. The van der Waals surface area contributed by atoms with Crippen LogP contribution in [0, 0.1) is 5.82 Å². The van der Waals surface area contributed by atoms with E-state index in [-0.39, 0.29) is 34.7 Å². The van der Waals surface area contributed by atoms with Gasteiger partial charge in [-0.3, -0.25) is 4.57 Å². The number of carboxylic acid groups (broad SMARTS) is 1. The van der Waals surface area contributed by atoms with Gasteiger partial charge in [-0.2, -0.15) is 4.31 Å². The second kappa shape index (κ2) is 9.36. The number of thioether (sulfide) groups is 1. The van der Waals surface area contributed by atoms with Gasteiger partial charge in [0, 0.05) is 30.1 Å². The fraction of sp³-hybridized carbons (Fsp3) is 0.250. The van der Waals surface area contributed by atoms with Gasteiger partial charge >= 0.3 is 0 Å². The fourth-order valence-corrected chi connectivity index (χ4v) is 5.35. The molecule has 1 aliphatic rings. The maximum atomic E-state index is 13.5. The van der Waals surface area contributed by atoms with Crippen molar-refractivity contribution in [2.24, 2.45) is 0 Å². The molecule has 4 rings (SSSR count). The van der Waals surface area contributed by atoms with Gasteiger partial charge in [0.1, 0.15) is 5.82 Å². The highest BCUT2D eigenvalue weighted by Crippen LogP contribution is 2.30. The fourth-order valence-electron chi connectivity index (χ4n) is 3.23. The second-order valence-corrected chi connectivity index (χ2v) is 9.70. The van der Waals surface area contributed by atoms with Crippen LogP contribution in [0.5, 0.6) is 0 Å². The SMILES string of the molecule is O=C([O-])CSc1nnc(-c2cccc(S(=O)(=O)N3CCOCC3)c2)n1-c1ccc(F)cc1. The molecule has 0 aliphatic carbocycles. The molecule has 3 aromatic rings. The number of benzene rings is 2. The Labute approximate surface area is 187 Å². The summed E-state index contributed by atoms with van der Waals surface area (Å²) >= 11 is 0.895. The molecule has 168 valence electrons. The van der Waals surface area contributed by atoms with Gasteiger partial charge in [0.25, 0.3) is 0 Å². The van der Waals surface area contributed by atoms with Crippen molar-refractivity contribution in [3.05, 3.63) is 54.3 Å². The lowest BCUT2D eigenvalue weighted by Gasteiger charge is -2.26. The van der Waals surface area contributed by atoms with E-state index in [1.54, 1.807) is 16.7 Å². The van der Waals surface area contributed by atoms with Gasteiger partial charge < -0.3 is 14.6 Å². The molecule has 0 radical (unpaired) electrons. The molecule has 1 fully saturated rings. The van der Waals surface area contributed by atoms with Crippen LogP contribution in [0.4, 0.5) is 4.39 Å². The number of nitrogens with zero attached hydrogens (tertiary/aromatic N) is 4. The molecule has 12 heteroatoms. The van der Waals surface area contributed by atoms with Gasteiger partial charge in [-0.15, -0.1) is 10.2 Å². The Morgan fingerprint density at radius 1 is 1.12 bits per heavy atom. The van der Waals surface area contributed by atoms with Crippen molar-refractivity contribution in [3.8, 4) is 17.1 Å². The molecule has 0 N–H and O–H groups in total. The molecule has 9 nitrogen and oxygen atoms in total. The smallest absolute Gasteiger partial charge is 0.243 e. The van der Waals surface area contributed by atoms with E-state index in [0.29, 0.717) is 24.5 Å². The van der Waals surface area contributed by atoms with E-state index in [2.05, 4.69) is 10.2 Å². The monoisotopic (exact) mass is 477 g/mol. The normalized spacial score (nSPS) is 15.0. The lowest BCUT2D eigenvalue weighted by Crippen LogP contribution is -2.40. The molecule has 0 amide bonds. The largest absolute Gasteiger partial charge is 0.549 e. The standard InChI is InChI=1S/C20H19FN4O5S2/c21-15-4-6-16(7-5-15)25-19(22-23-20(25)31-13-18(26)27)14-2-1-3-17(12-14)32(28,29)24-8-10-30-11-9-24/h1-7,12H,8-11,13H2,(H,26,27)/p-1. The van der Waals surface area contributed by atoms with Crippen LogP contribution in [0.25, 0.3) is 17.1 Å². The van der Waals surface area contributed by atoms with E-state index in [9.17, 15) is 22.7 Å². The van der Waals surface area contributed by atoms with E-state index < -0.39 is 21.8 Å². The number of aliphatic carboxylic acids is 1. The van der Waals surface area contributed by atoms with Crippen molar-refractivity contribution in [3.63, 3.8) is 0 Å². The Morgan fingerprint density at radius 2 is 1.84 bits per heavy atom. The van der Waals surface area contributed by atoms with Crippen molar-refractivity contribution in [1.82, 2.24) is 19.1 Å². The summed E-state index contributed by atoms with van der Waals surface area (Å²) in [6, 6.07) is 11.8. The summed E-state index contributed by atoms with van der Waals surface area (Å²) in [6.07, 6.45) is 0. The zero-order valence-corrected chi connectivity index (χ0v) is 18.3. The number of hydrogen-bond acceptors (Lipinski definition) is 8. The van der Waals surface area contributed by atoms with Crippen LogP contribution in [-0.4, -0.2) is 65.5 Å². The van der Waals surface area contributed by atoms with Gasteiger partial charge in [0.05, 0.1) is 24.1 Å². The number of carbonyl (C=O) groups excluding carboxylic acids is 1. The highest BCUT2D eigenvalue weighted by molar-refractivity contribution is 7.99. The molecule has 2 heterocycles. The van der Waals surface area contributed by atoms with Crippen LogP contribution in [0.15, 0.2) is 58.6 Å². The molecule has 1 aliphatic heterocycles. The lowest BCUT2D eigenvalue weighted by molar-refractivity contribution is -0.301. The minimum absolute atomic E-state index is 0.0921. The molecule has 2 aromatic carbocycles. The van der Waals surface area contributed by atoms with E-state index in [1.165, 1.54) is 40.7 Å². The summed E-state index contributed by atoms with van der Waals surface area (Å²) in [5, 5.41) is 19.4. The van der Waals surface area contributed by atoms with Crippen LogP contribution in [0.3, 0.4) is 0 Å². The highest BCUT2D eigenvalue weighted by atomic mass is 32.2. The van der Waals surface area contributed by atoms with E-state index in [4.69, 9.17) is 4.74 Å². The van der Waals surface area contributed by atoms with Gasteiger partial charge in [0.15, 0.2) is 11.0 Å². The van der Waals surface area contributed by atoms with Gasteiger partial charge in [-0.1, -0.05) is 23.9 Å². The number of carboxylic acids is 1. The number of sulfonamides is 1. The molecule has 32 heavy (non-hydrogen) atoms. The minimum atomic E-state index is -3.74. The average molecular weight is 478 g/mol. The number of rotatable bonds is 7. The molecule has 0 unspecified atom stereocenters. The first-order valence-electron chi connectivity index (χ1n) is 9.58. The van der Waals surface area contributed by atoms with Crippen LogP contribution in [0.2, 0.25) is 0 Å². The zero-order chi connectivity index (χ0) is 22.7. The Kier molecular flexibility index (Phi) is 6.55. The van der Waals surface area contributed by atoms with Crippen LogP contribution >= 0.6 is 11.8 Å². The summed E-state index contributed by atoms with van der Waals surface area (Å²) in [4.78, 5) is 11.0. The number of carbonyl (C=O) groups is 1. The molecular formula is C20H18FN4O5S2-. The van der Waals surface area contributed by atoms with E-state index in [1.807, 2.05) is 0 Å². The third-order valence-electron chi connectivity index (χ3n) is 4.74. The Bertz CT molecular complexity index is 1230. The Morgan fingerprint density at radius 3 is 2.53 bits per heavy atom. The molecule has 0 saturated carbocycles. The maximum absolute atomic E-state index is 13.5. The van der Waals surface area contributed by atoms with E-state index >= 15 is 0 Å². The minimum Gasteiger partial charge on any atom is -0.549 e. The third kappa shape index (κ3) is 4.67. The number of halogens is 1. The zero-order valence-electron chi connectivity index (χ0n) is 16.7. The topological polar surface area (TPSA) is 117 Å². The Balaban J connectivity index is 1.77. The highest BCUT2D eigenvalue weighted by Gasteiger charge is 2.27. The van der Waals surface area contributed by atoms with Crippen LogP contribution < -0.4 is 5.11 Å². The first-order valence-corrected chi connectivity index (χ1v) is 12.0. The summed E-state index contributed by atoms with van der Waals surface area (Å²) in [6.45, 7) is 1.19. The molecular weight excluding hydrogens is 459 g/mol. The van der Waals surface area contributed by atoms with Gasteiger partial charge in [-0.05, 0) is 36.4 Å².